The molecule has 1 unspecified atom stereocenters. The smallest absolute Gasteiger partial charge is 0.418 e. The van der Waals surface area contributed by atoms with E-state index in [1.165, 1.54) is 32.4 Å². The van der Waals surface area contributed by atoms with Crippen molar-refractivity contribution < 1.29 is 17.3 Å². The minimum absolute atomic E-state index is 0.320. The molecule has 0 aliphatic carbocycles. The third kappa shape index (κ3) is 5.33. The van der Waals surface area contributed by atoms with Crippen LogP contribution in [-0.2, 0) is 0 Å². The second-order valence-electron chi connectivity index (χ2n) is 8.19. The molecule has 1 nitrogen and oxygen atoms in total. The summed E-state index contributed by atoms with van der Waals surface area (Å²) in [5.41, 5.74) is 2.91. The van der Waals surface area contributed by atoms with Gasteiger partial charge in [0.2, 0.25) is 0 Å². The van der Waals surface area contributed by atoms with Crippen molar-refractivity contribution in [3.05, 3.63) is 127 Å². The predicted molar refractivity (Wildman–Crippen MR) is 142 cm³/mol. The molecule has 1 atom stereocenters. The first-order valence-corrected chi connectivity index (χ1v) is 13.2. The van der Waals surface area contributed by atoms with E-state index >= 15 is 0 Å². The number of rotatable bonds is 5. The third-order valence-corrected chi connectivity index (χ3v) is 10.9. The Morgan fingerprint density at radius 2 is 0.971 bits per heavy atom. The zero-order chi connectivity index (χ0) is 24.9. The van der Waals surface area contributed by atoms with E-state index in [0.717, 1.165) is 0 Å². The summed E-state index contributed by atoms with van der Waals surface area (Å²) in [6.45, 7) is 2.41. The van der Waals surface area contributed by atoms with E-state index in [2.05, 4.69) is 133 Å². The summed E-state index contributed by atoms with van der Waals surface area (Å²) in [6.07, 6.45) is 2.22. The monoisotopic (exact) mass is 493 g/mol. The normalized spacial score (nSPS) is 12.6. The lowest BCUT2D eigenvalue weighted by Crippen LogP contribution is -2.34. The highest BCUT2D eigenvalue weighted by Gasteiger charge is 2.51. The molecule has 0 saturated carbocycles. The fraction of sp³-hybridized carbons (Fsp3) is 0.0714. The van der Waals surface area contributed by atoms with Gasteiger partial charge in [0.1, 0.15) is 28.8 Å². The molecule has 4 aromatic carbocycles. The third-order valence-electron chi connectivity index (χ3n) is 6.14. The molecule has 0 aliphatic rings. The fourth-order valence-corrected chi connectivity index (χ4v) is 9.55. The second-order valence-corrected chi connectivity index (χ2v) is 12.0. The predicted octanol–water partition coefficient (Wildman–Crippen LogP) is 7.52. The van der Waals surface area contributed by atoms with Gasteiger partial charge in [-0.05, 0) is 49.4 Å². The number of para-hydroxylation sites is 1. The first kappa shape index (κ1) is 24.7. The average molecular weight is 493 g/mol. The lowest BCUT2D eigenvalue weighted by atomic mass is 10.1. The number of H-pyrrole nitrogens is 1. The van der Waals surface area contributed by atoms with Crippen LogP contribution in [0.1, 0.15) is 18.1 Å². The SMILES string of the molecule is CC(c1c[nH]c2ccccc12)[P+](c1ccccc1)(c1ccccc1)c1ccccc1.F[B-](F)(F)F. The van der Waals surface area contributed by atoms with E-state index in [1.54, 1.807) is 0 Å². The number of fused-ring (bicyclic) bond motifs is 1. The number of hydrogen-bond donors (Lipinski definition) is 1. The van der Waals surface area contributed by atoms with Gasteiger partial charge in [0.05, 0.1) is 0 Å². The molecule has 7 heteroatoms. The Kier molecular flexibility index (Phi) is 7.42. The van der Waals surface area contributed by atoms with Gasteiger partial charge in [0, 0.05) is 22.7 Å². The Bertz CT molecular complexity index is 1250. The van der Waals surface area contributed by atoms with Crippen molar-refractivity contribution in [1.82, 2.24) is 4.98 Å². The van der Waals surface area contributed by atoms with Crippen molar-refractivity contribution in [2.24, 2.45) is 0 Å². The summed E-state index contributed by atoms with van der Waals surface area (Å²) < 4.78 is 39.0. The fourth-order valence-electron chi connectivity index (χ4n) is 4.76. The quantitative estimate of drug-likeness (QED) is 0.148. The molecule has 1 heterocycles. The van der Waals surface area contributed by atoms with E-state index in [9.17, 15) is 17.3 Å². The van der Waals surface area contributed by atoms with E-state index in [0.29, 0.717) is 5.66 Å². The molecule has 0 spiro atoms. The first-order chi connectivity index (χ1) is 16.8. The molecule has 35 heavy (non-hydrogen) atoms. The first-order valence-electron chi connectivity index (χ1n) is 11.3. The number of benzene rings is 4. The van der Waals surface area contributed by atoms with Crippen molar-refractivity contribution in [3.8, 4) is 0 Å². The molecule has 0 saturated heterocycles. The molecule has 5 rings (SSSR count). The number of aromatic amines is 1. The van der Waals surface area contributed by atoms with Gasteiger partial charge in [-0.15, -0.1) is 0 Å². The van der Waals surface area contributed by atoms with Crippen molar-refractivity contribution in [3.63, 3.8) is 0 Å². The lowest BCUT2D eigenvalue weighted by Gasteiger charge is -2.33. The minimum Gasteiger partial charge on any atom is -0.418 e. The zero-order valence-electron chi connectivity index (χ0n) is 19.2. The van der Waals surface area contributed by atoms with Gasteiger partial charge < -0.3 is 22.2 Å². The zero-order valence-corrected chi connectivity index (χ0v) is 20.1. The summed E-state index contributed by atoms with van der Waals surface area (Å²) in [5, 5.41) is 5.57. The van der Waals surface area contributed by atoms with Crippen LogP contribution in [0.15, 0.2) is 121 Å². The van der Waals surface area contributed by atoms with Crippen LogP contribution in [0.2, 0.25) is 0 Å². The maximum atomic E-state index is 9.75. The van der Waals surface area contributed by atoms with Gasteiger partial charge in [-0.3, -0.25) is 0 Å². The molecule has 0 bridgehead atoms. The highest BCUT2D eigenvalue weighted by atomic mass is 31.2. The molecular weight excluding hydrogens is 468 g/mol. The summed E-state index contributed by atoms with van der Waals surface area (Å²) >= 11 is 0. The Morgan fingerprint density at radius 1 is 0.600 bits per heavy atom. The Balaban J connectivity index is 0.000000527. The molecule has 0 radical (unpaired) electrons. The Hall–Kier alpha value is -3.37. The van der Waals surface area contributed by atoms with Gasteiger partial charge in [-0.2, -0.15) is 0 Å². The Morgan fingerprint density at radius 3 is 1.40 bits per heavy atom. The van der Waals surface area contributed by atoms with Crippen LogP contribution in [0.5, 0.6) is 0 Å². The molecule has 5 aromatic rings. The maximum Gasteiger partial charge on any atom is 0.673 e. The summed E-state index contributed by atoms with van der Waals surface area (Å²) in [7, 11) is -7.96. The molecule has 1 aromatic heterocycles. The van der Waals surface area contributed by atoms with E-state index in [1.807, 2.05) is 0 Å². The number of nitrogens with one attached hydrogen (secondary N) is 1. The lowest BCUT2D eigenvalue weighted by molar-refractivity contribution is 0.368. The highest BCUT2D eigenvalue weighted by molar-refractivity contribution is 7.96. The molecular formula is C28H25BF4NP. The van der Waals surface area contributed by atoms with Crippen LogP contribution >= 0.6 is 7.26 Å². The van der Waals surface area contributed by atoms with Gasteiger partial charge in [-0.25, -0.2) is 0 Å². The maximum absolute atomic E-state index is 9.75. The molecule has 0 fully saturated rings. The largest absolute Gasteiger partial charge is 0.673 e. The van der Waals surface area contributed by atoms with Crippen LogP contribution in [0.25, 0.3) is 10.9 Å². The molecule has 0 amide bonds. The summed E-state index contributed by atoms with van der Waals surface area (Å²) in [6, 6.07) is 42.0. The van der Waals surface area contributed by atoms with Gasteiger partial charge >= 0.3 is 7.25 Å². The van der Waals surface area contributed by atoms with Gasteiger partial charge in [-0.1, -0.05) is 72.8 Å². The number of hydrogen-bond acceptors (Lipinski definition) is 0. The van der Waals surface area contributed by atoms with Crippen molar-refractivity contribution in [2.45, 2.75) is 12.6 Å². The van der Waals surface area contributed by atoms with Crippen LogP contribution < -0.4 is 15.9 Å². The van der Waals surface area contributed by atoms with Crippen LogP contribution in [0, 0.1) is 0 Å². The van der Waals surface area contributed by atoms with Crippen molar-refractivity contribution in [1.29, 1.82) is 0 Å². The molecule has 1 N–H and O–H groups in total. The summed E-state index contributed by atoms with van der Waals surface area (Å²) in [5.74, 6) is 0. The Labute approximate surface area is 203 Å². The van der Waals surface area contributed by atoms with Crippen molar-refractivity contribution in [2.75, 3.05) is 0 Å². The van der Waals surface area contributed by atoms with Gasteiger partial charge in [0.25, 0.3) is 0 Å². The topological polar surface area (TPSA) is 15.8 Å². The van der Waals surface area contributed by atoms with Crippen LogP contribution in [-0.4, -0.2) is 12.2 Å². The van der Waals surface area contributed by atoms with E-state index in [4.69, 9.17) is 0 Å². The number of aromatic nitrogens is 1. The van der Waals surface area contributed by atoms with Crippen LogP contribution in [0.3, 0.4) is 0 Å². The average Bonchev–Trinajstić information content (AvgIpc) is 3.30. The van der Waals surface area contributed by atoms with E-state index in [-0.39, 0.29) is 0 Å². The molecule has 0 aliphatic heterocycles. The van der Waals surface area contributed by atoms with Crippen LogP contribution in [0.4, 0.5) is 17.3 Å². The standard InChI is InChI=1S/C28H25NP.BF4/c1-22(27-21-29-28-20-12-11-19-26(27)28)30(23-13-5-2-6-14-23,24-15-7-3-8-16-24)25-17-9-4-10-18-25;2-1(3,4)5/h2-22,29H,1H3;/q+1;-1. The highest BCUT2D eigenvalue weighted by Crippen LogP contribution is 2.67. The summed E-state index contributed by atoms with van der Waals surface area (Å²) in [4.78, 5) is 3.51. The molecule has 178 valence electrons. The van der Waals surface area contributed by atoms with Crippen molar-refractivity contribution >= 4 is 41.3 Å². The number of halogens is 4. The van der Waals surface area contributed by atoms with E-state index < -0.39 is 14.5 Å². The minimum atomic E-state index is -6.00. The van der Waals surface area contributed by atoms with Gasteiger partial charge in [0.15, 0.2) is 0 Å². The second kappa shape index (κ2) is 10.5.